The molecule has 6 nitrogen and oxygen atoms in total. The molecule has 0 saturated heterocycles. The summed E-state index contributed by atoms with van der Waals surface area (Å²) >= 11 is 23.4. The van der Waals surface area contributed by atoms with Gasteiger partial charge in [0, 0.05) is 0 Å². The zero-order chi connectivity index (χ0) is 19.8. The van der Waals surface area contributed by atoms with Gasteiger partial charge in [-0.25, -0.2) is 10.9 Å². The molecule has 0 unspecified atom stereocenters. The zero-order valence-corrected chi connectivity index (χ0v) is 16.6. The van der Waals surface area contributed by atoms with Gasteiger partial charge in [0.05, 0.1) is 32.5 Å². The molecule has 2 N–H and O–H groups in total. The summed E-state index contributed by atoms with van der Waals surface area (Å²) in [5, 5.41) is 9.04. The maximum absolute atomic E-state index is 11.7. The Morgan fingerprint density at radius 2 is 1.15 bits per heavy atom. The van der Waals surface area contributed by atoms with E-state index >= 15 is 0 Å². The Morgan fingerprint density at radius 3 is 1.52 bits per heavy atom. The molecule has 0 aliphatic carbocycles. The van der Waals surface area contributed by atoms with E-state index in [-0.39, 0.29) is 0 Å². The molecule has 2 amide bonds. The molecule has 0 spiro atoms. The Bertz CT molecular complexity index is 842. The van der Waals surface area contributed by atoms with Crippen molar-refractivity contribution in [2.24, 2.45) is 10.2 Å². The monoisotopic (exact) mass is 444 g/mol. The molecular weight excluding hydrogens is 434 g/mol. The number of nitrogens with one attached hydrogen (secondary N) is 2. The Balaban J connectivity index is 1.78. The third kappa shape index (κ3) is 7.19. The van der Waals surface area contributed by atoms with E-state index in [2.05, 4.69) is 21.1 Å². The van der Waals surface area contributed by atoms with Crippen LogP contribution in [-0.2, 0) is 9.59 Å². The number of halogens is 4. The fraction of sp³-hybridized carbons (Fsp3) is 0.0588. The van der Waals surface area contributed by atoms with Gasteiger partial charge in [-0.3, -0.25) is 9.59 Å². The number of hydrogen-bond donors (Lipinski definition) is 2. The maximum atomic E-state index is 11.7. The molecule has 2 aromatic rings. The minimum atomic E-state index is -0.603. The second-order valence-corrected chi connectivity index (χ2v) is 6.74. The molecule has 0 fully saturated rings. The molecule has 2 aromatic carbocycles. The third-order valence-corrected chi connectivity index (χ3v) is 4.49. The maximum Gasteiger partial charge on any atom is 0.249 e. The summed E-state index contributed by atoms with van der Waals surface area (Å²) in [7, 11) is 0. The highest BCUT2D eigenvalue weighted by atomic mass is 35.5. The Morgan fingerprint density at radius 1 is 0.741 bits per heavy atom. The molecule has 140 valence electrons. The largest absolute Gasteiger partial charge is 0.273 e. The second-order valence-electron chi connectivity index (χ2n) is 5.11. The lowest BCUT2D eigenvalue weighted by Gasteiger charge is -2.00. The van der Waals surface area contributed by atoms with E-state index in [0.717, 1.165) is 0 Å². The van der Waals surface area contributed by atoms with Gasteiger partial charge in [-0.15, -0.1) is 0 Å². The van der Waals surface area contributed by atoms with Gasteiger partial charge in [0.15, 0.2) is 0 Å². The van der Waals surface area contributed by atoms with Gasteiger partial charge in [0.1, 0.15) is 6.42 Å². The first-order valence-electron chi connectivity index (χ1n) is 7.39. The minimum Gasteiger partial charge on any atom is -0.273 e. The fourth-order valence-corrected chi connectivity index (χ4v) is 2.38. The quantitative estimate of drug-likeness (QED) is 0.395. The van der Waals surface area contributed by atoms with Crippen molar-refractivity contribution >= 4 is 70.6 Å². The molecule has 0 radical (unpaired) electrons. The van der Waals surface area contributed by atoms with Crippen LogP contribution in [0.4, 0.5) is 0 Å². The summed E-state index contributed by atoms with van der Waals surface area (Å²) in [5.74, 6) is -1.21. The molecule has 0 aliphatic rings. The number of benzene rings is 2. The highest BCUT2D eigenvalue weighted by Crippen LogP contribution is 2.22. The lowest BCUT2D eigenvalue weighted by atomic mass is 10.2. The van der Waals surface area contributed by atoms with E-state index in [1.54, 1.807) is 36.4 Å². The van der Waals surface area contributed by atoms with E-state index in [1.807, 2.05) is 0 Å². The van der Waals surface area contributed by atoms with Crippen LogP contribution >= 0.6 is 46.4 Å². The van der Waals surface area contributed by atoms with Crippen LogP contribution in [0.25, 0.3) is 0 Å². The van der Waals surface area contributed by atoms with Crippen LogP contribution in [0.2, 0.25) is 20.1 Å². The summed E-state index contributed by atoms with van der Waals surface area (Å²) in [6.07, 6.45) is 2.30. The number of nitrogens with zero attached hydrogens (tertiary/aromatic N) is 2. The van der Waals surface area contributed by atoms with Crippen molar-refractivity contribution in [3.63, 3.8) is 0 Å². The molecule has 0 heterocycles. The highest BCUT2D eigenvalue weighted by Gasteiger charge is 2.07. The van der Waals surface area contributed by atoms with E-state index in [0.29, 0.717) is 31.2 Å². The number of carbonyl (C=O) groups is 2. The third-order valence-electron chi connectivity index (χ3n) is 3.01. The first kappa shape index (κ1) is 21.2. The molecule has 0 bridgehead atoms. The summed E-state index contributed by atoms with van der Waals surface area (Å²) in [5.41, 5.74) is 5.73. The predicted octanol–water partition coefficient (Wildman–Crippen LogP) is 4.29. The molecule has 27 heavy (non-hydrogen) atoms. The number of amides is 2. The van der Waals surface area contributed by atoms with Gasteiger partial charge in [-0.05, 0) is 35.4 Å². The fourth-order valence-electron chi connectivity index (χ4n) is 1.77. The molecular formula is C17H12Cl4N4O2. The molecule has 0 aromatic heterocycles. The number of hydrogen-bond acceptors (Lipinski definition) is 4. The van der Waals surface area contributed by atoms with E-state index in [4.69, 9.17) is 46.4 Å². The van der Waals surface area contributed by atoms with E-state index in [1.165, 1.54) is 12.4 Å². The van der Waals surface area contributed by atoms with Crippen molar-refractivity contribution < 1.29 is 9.59 Å². The lowest BCUT2D eigenvalue weighted by Crippen LogP contribution is -2.27. The van der Waals surface area contributed by atoms with Crippen molar-refractivity contribution in [3.05, 3.63) is 67.6 Å². The van der Waals surface area contributed by atoms with E-state index in [9.17, 15) is 9.59 Å². The Kier molecular flexibility index (Phi) is 8.06. The van der Waals surface area contributed by atoms with Crippen molar-refractivity contribution in [1.82, 2.24) is 10.9 Å². The standard InChI is InChI=1S/C17H12Cl4N4O2/c18-12-3-1-10(5-14(12)20)8-22-24-16(26)7-17(27)25-23-9-11-2-4-13(19)15(21)6-11/h1-6,8-9H,7H2,(H,24,26)(H,25,27)/b22-8-,23-9-. The van der Waals surface area contributed by atoms with Crippen LogP contribution in [0.15, 0.2) is 46.6 Å². The predicted molar refractivity (Wildman–Crippen MR) is 109 cm³/mol. The van der Waals surface area contributed by atoms with Crippen molar-refractivity contribution in [3.8, 4) is 0 Å². The SMILES string of the molecule is O=C(CC(=O)N/N=C\c1ccc(Cl)c(Cl)c1)N/N=C\c1ccc(Cl)c(Cl)c1. The van der Waals surface area contributed by atoms with Crippen LogP contribution in [0.3, 0.4) is 0 Å². The molecule has 0 atom stereocenters. The average Bonchev–Trinajstić information content (AvgIpc) is 2.61. The lowest BCUT2D eigenvalue weighted by molar-refractivity contribution is -0.129. The van der Waals surface area contributed by atoms with Gasteiger partial charge in [-0.1, -0.05) is 58.5 Å². The number of hydrazone groups is 2. The molecule has 2 rings (SSSR count). The van der Waals surface area contributed by atoms with Gasteiger partial charge in [-0.2, -0.15) is 10.2 Å². The van der Waals surface area contributed by atoms with Crippen molar-refractivity contribution in [2.45, 2.75) is 6.42 Å². The van der Waals surface area contributed by atoms with Gasteiger partial charge in [0.2, 0.25) is 11.8 Å². The summed E-state index contributed by atoms with van der Waals surface area (Å²) < 4.78 is 0. The van der Waals surface area contributed by atoms with Crippen LogP contribution in [0.1, 0.15) is 17.5 Å². The summed E-state index contributed by atoms with van der Waals surface area (Å²) in [4.78, 5) is 23.3. The van der Waals surface area contributed by atoms with Crippen LogP contribution in [0.5, 0.6) is 0 Å². The molecule has 0 aliphatic heterocycles. The summed E-state index contributed by atoms with van der Waals surface area (Å²) in [6, 6.07) is 9.73. The van der Waals surface area contributed by atoms with Gasteiger partial charge >= 0.3 is 0 Å². The average molecular weight is 446 g/mol. The smallest absolute Gasteiger partial charge is 0.249 e. The number of rotatable bonds is 6. The van der Waals surface area contributed by atoms with Gasteiger partial charge < -0.3 is 0 Å². The zero-order valence-electron chi connectivity index (χ0n) is 13.5. The van der Waals surface area contributed by atoms with Crippen LogP contribution < -0.4 is 10.9 Å². The second kappa shape index (κ2) is 10.3. The Hall–Kier alpha value is -2.12. The van der Waals surface area contributed by atoms with Crippen molar-refractivity contribution in [2.75, 3.05) is 0 Å². The first-order valence-corrected chi connectivity index (χ1v) is 8.90. The first-order chi connectivity index (χ1) is 12.8. The van der Waals surface area contributed by atoms with Crippen molar-refractivity contribution in [1.29, 1.82) is 0 Å². The van der Waals surface area contributed by atoms with E-state index < -0.39 is 18.2 Å². The topological polar surface area (TPSA) is 82.9 Å². The van der Waals surface area contributed by atoms with Crippen LogP contribution in [0, 0.1) is 0 Å². The summed E-state index contributed by atoms with van der Waals surface area (Å²) in [6.45, 7) is 0. The minimum absolute atomic E-state index is 0.367. The Labute approximate surface area is 175 Å². The van der Waals surface area contributed by atoms with Gasteiger partial charge in [0.25, 0.3) is 0 Å². The molecule has 0 saturated carbocycles. The normalized spacial score (nSPS) is 11.1. The number of carbonyl (C=O) groups excluding carboxylic acids is 2. The molecule has 10 heteroatoms. The highest BCUT2D eigenvalue weighted by molar-refractivity contribution is 6.42. The van der Waals surface area contributed by atoms with Crippen LogP contribution in [-0.4, -0.2) is 24.2 Å².